The van der Waals surface area contributed by atoms with Gasteiger partial charge in [-0.15, -0.1) is 0 Å². The molecule has 2 aliphatic rings. The molecule has 43 heavy (non-hydrogen) atoms. The zero-order chi connectivity index (χ0) is 30.1. The van der Waals surface area contributed by atoms with E-state index >= 15 is 0 Å². The smallest absolute Gasteiger partial charge is 0.334 e. The van der Waals surface area contributed by atoms with Crippen LogP contribution in [0, 0.1) is 0 Å². The number of hydrazine groups is 1. The van der Waals surface area contributed by atoms with E-state index in [1.807, 2.05) is 55.5 Å². The van der Waals surface area contributed by atoms with Gasteiger partial charge in [-0.3, -0.25) is 19.6 Å². The summed E-state index contributed by atoms with van der Waals surface area (Å²) in [6.45, 7) is 2.35. The predicted octanol–water partition coefficient (Wildman–Crippen LogP) is 2.90. The van der Waals surface area contributed by atoms with Crippen LogP contribution < -0.4 is 5.32 Å². The van der Waals surface area contributed by atoms with Crippen LogP contribution >= 0.6 is 0 Å². The number of carbonyl (C=O) groups excluding carboxylic acids is 3. The minimum Gasteiger partial charge on any atom is -0.508 e. The highest BCUT2D eigenvalue weighted by atomic mass is 16.3. The summed E-state index contributed by atoms with van der Waals surface area (Å²) in [6.07, 6.45) is 2.71. The molecule has 4 aromatic rings. The Kier molecular flexibility index (Phi) is 7.64. The Morgan fingerprint density at radius 2 is 1.70 bits per heavy atom. The number of nitrogens with zero attached hydrogens (tertiary/aromatic N) is 6. The monoisotopic (exact) mass is 579 g/mol. The maximum Gasteiger partial charge on any atom is 0.334 e. The first-order valence-corrected chi connectivity index (χ1v) is 14.2. The number of rotatable bonds is 6. The van der Waals surface area contributed by atoms with Gasteiger partial charge in [0, 0.05) is 39.0 Å². The molecule has 1 aromatic heterocycles. The fraction of sp³-hybridized carbons (Fsp3) is 0.281. The van der Waals surface area contributed by atoms with Crippen molar-refractivity contribution in [2.24, 2.45) is 0 Å². The first-order valence-electron chi connectivity index (χ1n) is 14.2. The number of hydrogen-bond donors (Lipinski definition) is 2. The Labute approximate surface area is 249 Å². The van der Waals surface area contributed by atoms with Gasteiger partial charge >= 0.3 is 6.03 Å². The summed E-state index contributed by atoms with van der Waals surface area (Å²) in [6, 6.07) is 20.1. The van der Waals surface area contributed by atoms with Crippen molar-refractivity contribution in [3.63, 3.8) is 0 Å². The summed E-state index contributed by atoms with van der Waals surface area (Å²) < 4.78 is 0. The molecule has 0 aliphatic carbocycles. The molecule has 2 N–H and O–H groups in total. The molecule has 3 heterocycles. The average Bonchev–Trinajstić information content (AvgIpc) is 3.01. The molecular formula is C32H33N7O4. The van der Waals surface area contributed by atoms with Crippen LogP contribution in [0.1, 0.15) is 23.6 Å². The second-order valence-electron chi connectivity index (χ2n) is 11.0. The van der Waals surface area contributed by atoms with E-state index in [0.717, 1.165) is 16.7 Å². The first kappa shape index (κ1) is 28.1. The number of phenolic OH excluding ortho intramolecular Hbond substituents is 1. The summed E-state index contributed by atoms with van der Waals surface area (Å²) >= 11 is 0. The van der Waals surface area contributed by atoms with E-state index in [-0.39, 0.29) is 43.1 Å². The van der Waals surface area contributed by atoms with Crippen molar-refractivity contribution < 1.29 is 19.5 Å². The second-order valence-corrected chi connectivity index (χ2v) is 11.0. The number of benzene rings is 3. The van der Waals surface area contributed by atoms with E-state index in [0.29, 0.717) is 17.6 Å². The van der Waals surface area contributed by atoms with Gasteiger partial charge in [0.25, 0.3) is 0 Å². The molecule has 0 saturated carbocycles. The lowest BCUT2D eigenvalue weighted by Crippen LogP contribution is -2.78. The van der Waals surface area contributed by atoms with Crippen molar-refractivity contribution in [1.29, 1.82) is 0 Å². The van der Waals surface area contributed by atoms with Gasteiger partial charge in [-0.1, -0.05) is 54.6 Å². The minimum absolute atomic E-state index is 0.0553. The fourth-order valence-electron chi connectivity index (χ4n) is 6.04. The van der Waals surface area contributed by atoms with Crippen molar-refractivity contribution in [2.75, 3.05) is 13.6 Å². The molecule has 2 saturated heterocycles. The molecule has 11 nitrogen and oxygen atoms in total. The van der Waals surface area contributed by atoms with Crippen LogP contribution in [0.25, 0.3) is 11.0 Å². The van der Waals surface area contributed by atoms with Crippen LogP contribution in [0.4, 0.5) is 4.79 Å². The number of piperazine rings is 1. The molecule has 220 valence electrons. The number of carbonyl (C=O) groups is 3. The zero-order valence-corrected chi connectivity index (χ0v) is 24.0. The number of fused-ring (bicyclic) bond motifs is 2. The number of amides is 4. The highest BCUT2D eigenvalue weighted by molar-refractivity contribution is 5.92. The predicted molar refractivity (Wildman–Crippen MR) is 159 cm³/mol. The summed E-state index contributed by atoms with van der Waals surface area (Å²) in [4.78, 5) is 54.0. The van der Waals surface area contributed by atoms with Gasteiger partial charge in [0.05, 0.1) is 23.6 Å². The average molecular weight is 580 g/mol. The summed E-state index contributed by atoms with van der Waals surface area (Å²) in [5, 5.41) is 16.0. The van der Waals surface area contributed by atoms with Crippen LogP contribution in [-0.2, 0) is 29.1 Å². The molecule has 2 fully saturated rings. The molecule has 0 bridgehead atoms. The van der Waals surface area contributed by atoms with E-state index in [2.05, 4.69) is 15.3 Å². The quantitative estimate of drug-likeness (QED) is 0.360. The number of para-hydroxylation sites is 1. The van der Waals surface area contributed by atoms with Gasteiger partial charge in [-0.2, -0.15) is 0 Å². The van der Waals surface area contributed by atoms with E-state index in [1.165, 1.54) is 0 Å². The maximum atomic E-state index is 14.3. The molecule has 0 spiro atoms. The second kappa shape index (κ2) is 11.7. The third-order valence-corrected chi connectivity index (χ3v) is 8.17. The Morgan fingerprint density at radius 3 is 2.47 bits per heavy atom. The molecule has 3 aromatic carbocycles. The highest BCUT2D eigenvalue weighted by Crippen LogP contribution is 2.33. The van der Waals surface area contributed by atoms with E-state index < -0.39 is 18.2 Å². The molecule has 3 atom stereocenters. The fourth-order valence-corrected chi connectivity index (χ4v) is 6.04. The Hall–Kier alpha value is -5.03. The molecular weight excluding hydrogens is 546 g/mol. The van der Waals surface area contributed by atoms with Crippen LogP contribution in [0.15, 0.2) is 85.2 Å². The third kappa shape index (κ3) is 5.46. The minimum atomic E-state index is -0.863. The van der Waals surface area contributed by atoms with Gasteiger partial charge in [-0.05, 0) is 41.8 Å². The van der Waals surface area contributed by atoms with Gasteiger partial charge in [0.2, 0.25) is 11.8 Å². The number of nitrogens with one attached hydrogen (secondary N) is 1. The normalized spacial score (nSPS) is 20.8. The lowest BCUT2D eigenvalue weighted by molar-refractivity contribution is -0.196. The van der Waals surface area contributed by atoms with Crippen molar-refractivity contribution in [3.8, 4) is 5.75 Å². The van der Waals surface area contributed by atoms with Crippen LogP contribution in [0.3, 0.4) is 0 Å². The number of urea groups is 1. The number of hydrogen-bond acceptors (Lipinski definition) is 7. The highest BCUT2D eigenvalue weighted by Gasteiger charge is 2.54. The van der Waals surface area contributed by atoms with Gasteiger partial charge in [0.1, 0.15) is 18.0 Å². The number of aromatic nitrogens is 2. The van der Waals surface area contributed by atoms with Gasteiger partial charge < -0.3 is 20.2 Å². The van der Waals surface area contributed by atoms with E-state index in [1.54, 1.807) is 63.5 Å². The Balaban J connectivity index is 1.38. The summed E-state index contributed by atoms with van der Waals surface area (Å²) in [5.41, 5.74) is 3.95. The first-order chi connectivity index (χ1) is 20.8. The van der Waals surface area contributed by atoms with Crippen molar-refractivity contribution >= 4 is 28.9 Å². The Bertz CT molecular complexity index is 1640. The molecule has 2 aliphatic heterocycles. The van der Waals surface area contributed by atoms with Crippen LogP contribution in [0.5, 0.6) is 5.75 Å². The lowest BCUT2D eigenvalue weighted by Gasteiger charge is -2.57. The van der Waals surface area contributed by atoms with Crippen molar-refractivity contribution in [2.45, 2.75) is 44.7 Å². The molecule has 11 heteroatoms. The molecule has 3 unspecified atom stereocenters. The topological polar surface area (TPSA) is 122 Å². The largest absolute Gasteiger partial charge is 0.508 e. The standard InChI is InChI=1S/C32H33N7O4/c1-21-30-38(28(41)20-36(2)39(30)32(43)35-18-23-7-4-3-5-8-23)27(17-22-11-13-25(40)14-12-22)31(42)37(21)19-24-9-6-10-26-29(24)34-16-15-33-26/h3-16,21,27,30,40H,17-20H2,1-2H3,(H,35,43). The number of likely N-dealkylation sites (N-methyl/N-ethyl adjacent to an activating group) is 1. The number of phenols is 1. The summed E-state index contributed by atoms with van der Waals surface area (Å²) in [7, 11) is 1.71. The molecule has 0 radical (unpaired) electrons. The SMILES string of the molecule is CC1C2N(C(=O)CN(C)N2C(=O)NCc2ccccc2)C(Cc2ccc(O)cc2)C(=O)N1Cc1cccc2nccnc12. The number of aromatic hydroxyl groups is 1. The van der Waals surface area contributed by atoms with Gasteiger partial charge in [0.15, 0.2) is 0 Å². The summed E-state index contributed by atoms with van der Waals surface area (Å²) in [5.74, 6) is -0.347. The maximum absolute atomic E-state index is 14.3. The van der Waals surface area contributed by atoms with Crippen LogP contribution in [-0.4, -0.2) is 84.6 Å². The van der Waals surface area contributed by atoms with E-state index in [4.69, 9.17) is 0 Å². The molecule has 4 amide bonds. The van der Waals surface area contributed by atoms with Crippen molar-refractivity contribution in [1.82, 2.24) is 35.1 Å². The Morgan fingerprint density at radius 1 is 0.953 bits per heavy atom. The van der Waals surface area contributed by atoms with Crippen molar-refractivity contribution in [3.05, 3.63) is 102 Å². The van der Waals surface area contributed by atoms with Gasteiger partial charge in [-0.25, -0.2) is 14.8 Å². The lowest BCUT2D eigenvalue weighted by atomic mass is 9.94. The third-order valence-electron chi connectivity index (χ3n) is 8.17. The van der Waals surface area contributed by atoms with E-state index in [9.17, 15) is 19.5 Å². The zero-order valence-electron chi connectivity index (χ0n) is 24.0. The van der Waals surface area contributed by atoms with Crippen LogP contribution in [0.2, 0.25) is 0 Å². The molecule has 6 rings (SSSR count).